The Morgan fingerprint density at radius 2 is 2.05 bits per heavy atom. The van der Waals surface area contributed by atoms with Gasteiger partial charge in [0.25, 0.3) is 0 Å². The Bertz CT molecular complexity index is 1190. The normalized spacial score (nSPS) is 31.2. The van der Waals surface area contributed by atoms with E-state index >= 15 is 0 Å². The summed E-state index contributed by atoms with van der Waals surface area (Å²) >= 11 is 1.30. The monoisotopic (exact) mass is 556 g/mol. The van der Waals surface area contributed by atoms with E-state index in [9.17, 15) is 22.4 Å². The van der Waals surface area contributed by atoms with E-state index in [0.29, 0.717) is 42.9 Å². The largest absolute Gasteiger partial charge is 0.435 e. The summed E-state index contributed by atoms with van der Waals surface area (Å²) in [6.45, 7) is 2.65. The Labute approximate surface area is 223 Å². The number of halogens is 4. The number of aromatic nitrogens is 3. The van der Waals surface area contributed by atoms with Crippen LogP contribution in [0.3, 0.4) is 0 Å². The average molecular weight is 557 g/mol. The smallest absolute Gasteiger partial charge is 0.351 e. The number of hydrogen-bond donors (Lipinski definition) is 3. The van der Waals surface area contributed by atoms with E-state index in [1.165, 1.54) is 29.3 Å². The first-order chi connectivity index (χ1) is 18.0. The van der Waals surface area contributed by atoms with Crippen molar-refractivity contribution in [1.29, 1.82) is 5.41 Å². The molecule has 38 heavy (non-hydrogen) atoms. The predicted octanol–water partition coefficient (Wildman–Crippen LogP) is 4.21. The lowest BCUT2D eigenvalue weighted by atomic mass is 9.72. The number of nitrogens with zero attached hydrogens (tertiary/aromatic N) is 3. The molecule has 2 saturated carbocycles. The topological polar surface area (TPSA) is 87.7 Å². The summed E-state index contributed by atoms with van der Waals surface area (Å²) in [7, 11) is 1.48. The lowest BCUT2D eigenvalue weighted by Crippen LogP contribution is -2.57. The van der Waals surface area contributed by atoms with E-state index in [1.807, 2.05) is 18.5 Å². The molecule has 7 nitrogen and oxygen atoms in total. The second kappa shape index (κ2) is 10.7. The lowest BCUT2D eigenvalue weighted by Gasteiger charge is -2.39. The summed E-state index contributed by atoms with van der Waals surface area (Å²) < 4.78 is 58.6. The maximum Gasteiger partial charge on any atom is 0.435 e. The molecule has 0 bridgehead atoms. The van der Waals surface area contributed by atoms with Crippen LogP contribution < -0.4 is 15.4 Å². The molecule has 2 aromatic rings. The fourth-order valence-corrected chi connectivity index (χ4v) is 7.07. The van der Waals surface area contributed by atoms with E-state index in [0.717, 1.165) is 12.8 Å². The average Bonchev–Trinajstić information content (AvgIpc) is 3.50. The maximum absolute atomic E-state index is 14.1. The molecule has 0 spiro atoms. The third-order valence-corrected chi connectivity index (χ3v) is 9.28. The van der Waals surface area contributed by atoms with Crippen molar-refractivity contribution in [2.45, 2.75) is 82.3 Å². The van der Waals surface area contributed by atoms with E-state index in [-0.39, 0.29) is 41.9 Å². The summed E-state index contributed by atoms with van der Waals surface area (Å²) in [6.07, 6.45) is 1.79. The van der Waals surface area contributed by atoms with Gasteiger partial charge in [-0.2, -0.15) is 18.3 Å². The molecule has 1 saturated heterocycles. The van der Waals surface area contributed by atoms with Crippen LogP contribution in [-0.4, -0.2) is 45.1 Å². The second-order valence-electron chi connectivity index (χ2n) is 11.5. The number of carbonyl (C=O) groups excluding carboxylic acids is 1. The number of alkyl halides is 4. The van der Waals surface area contributed by atoms with Gasteiger partial charge in [-0.05, 0) is 62.2 Å². The van der Waals surface area contributed by atoms with Crippen LogP contribution in [0, 0.1) is 29.1 Å². The molecule has 3 aliphatic rings. The minimum atomic E-state index is -4.58. The summed E-state index contributed by atoms with van der Waals surface area (Å²) in [5.74, 6) is -0.859. The third-order valence-electron chi connectivity index (χ3n) is 8.57. The van der Waals surface area contributed by atoms with Crippen LogP contribution in [-0.2, 0) is 24.6 Å². The highest BCUT2D eigenvalue weighted by Gasteiger charge is 2.44. The van der Waals surface area contributed by atoms with Crippen molar-refractivity contribution in [3.05, 3.63) is 33.8 Å². The maximum atomic E-state index is 14.1. The van der Waals surface area contributed by atoms with Gasteiger partial charge in [0.1, 0.15) is 6.17 Å². The summed E-state index contributed by atoms with van der Waals surface area (Å²) in [6, 6.07) is -0.113. The Morgan fingerprint density at radius 3 is 2.68 bits per heavy atom. The van der Waals surface area contributed by atoms with Crippen molar-refractivity contribution >= 4 is 17.2 Å². The van der Waals surface area contributed by atoms with Crippen LogP contribution in [0.4, 0.5) is 17.6 Å². The third kappa shape index (κ3) is 6.00. The quantitative estimate of drug-likeness (QED) is 0.447. The van der Waals surface area contributed by atoms with Gasteiger partial charge in [0.2, 0.25) is 5.91 Å². The highest BCUT2D eigenvalue weighted by molar-refractivity contribution is 7.06. The molecule has 210 valence electrons. The second-order valence-corrected chi connectivity index (χ2v) is 12.4. The molecule has 1 amide bonds. The Balaban J connectivity index is 1.37. The van der Waals surface area contributed by atoms with E-state index in [4.69, 9.17) is 5.41 Å². The first kappa shape index (κ1) is 27.4. The van der Waals surface area contributed by atoms with Crippen LogP contribution >= 0.6 is 11.3 Å². The van der Waals surface area contributed by atoms with Gasteiger partial charge in [0.05, 0.1) is 0 Å². The highest BCUT2D eigenvalue weighted by Crippen LogP contribution is 2.45. The number of nitrogens with one attached hydrogen (secondary N) is 3. The minimum Gasteiger partial charge on any atom is -0.351 e. The molecule has 3 N–H and O–H groups in total. The Kier molecular flexibility index (Phi) is 7.74. The zero-order valence-corrected chi connectivity index (χ0v) is 22.5. The number of thiazole rings is 1. The number of aryl methyl sites for hydroxylation is 1. The Hall–Kier alpha value is -2.21. The molecule has 0 aromatic carbocycles. The molecule has 2 aliphatic carbocycles. The minimum absolute atomic E-state index is 0.00831. The number of hydrogen-bond acceptors (Lipinski definition) is 5. The van der Waals surface area contributed by atoms with Crippen molar-refractivity contribution in [1.82, 2.24) is 25.0 Å². The van der Waals surface area contributed by atoms with Gasteiger partial charge < -0.3 is 15.2 Å². The van der Waals surface area contributed by atoms with E-state index < -0.39 is 29.9 Å². The van der Waals surface area contributed by atoms with Crippen LogP contribution in [0.2, 0.25) is 0 Å². The lowest BCUT2D eigenvalue weighted by molar-refractivity contribution is -0.142. The summed E-state index contributed by atoms with van der Waals surface area (Å²) in [5, 5.41) is 20.2. The molecule has 6 unspecified atom stereocenters. The molecule has 5 rings (SSSR count). The fraction of sp³-hybridized carbons (Fsp3) is 0.731. The zero-order chi connectivity index (χ0) is 27.2. The molecule has 12 heteroatoms. The van der Waals surface area contributed by atoms with Gasteiger partial charge in [-0.15, -0.1) is 11.3 Å². The Morgan fingerprint density at radius 1 is 1.29 bits per heavy atom. The molecule has 3 fully saturated rings. The number of carbonyl (C=O) groups is 1. The molecular formula is C26H36F4N6OS. The van der Waals surface area contributed by atoms with Crippen LogP contribution in [0.25, 0.3) is 0 Å². The van der Waals surface area contributed by atoms with Crippen molar-refractivity contribution in [3.8, 4) is 0 Å². The zero-order valence-electron chi connectivity index (χ0n) is 21.7. The number of rotatable bonds is 7. The first-order valence-electron chi connectivity index (χ1n) is 13.5. The van der Waals surface area contributed by atoms with Crippen molar-refractivity contribution in [2.24, 2.45) is 30.7 Å². The molecule has 1 aliphatic heterocycles. The molecule has 2 aromatic heterocycles. The standard InChI is InChI=1S/C26H36F4N6OS/c1-14-7-21(32-11-20(14)27)22(16-3-4-16)33-24(37)18-9-15(12-36-5-6-38-25(36)31)8-17(10-18)19-13-35(2)34-23(19)26(28,29)30/h5-6,13-18,20-22,31-32H,3-4,7-12H2,1-2H3,(H,33,37)/t14?,15?,17?,18?,20?,21?,22-/m0/s1. The van der Waals surface area contributed by atoms with Gasteiger partial charge >= 0.3 is 6.18 Å². The molecule has 3 heterocycles. The highest BCUT2D eigenvalue weighted by atomic mass is 32.1. The molecule has 7 atom stereocenters. The van der Waals surface area contributed by atoms with Gasteiger partial charge in [0, 0.05) is 61.5 Å². The summed E-state index contributed by atoms with van der Waals surface area (Å²) in [5.41, 5.74) is -0.745. The molecular weight excluding hydrogens is 520 g/mol. The number of amides is 1. The van der Waals surface area contributed by atoms with Crippen molar-refractivity contribution in [2.75, 3.05) is 6.54 Å². The fourth-order valence-electron chi connectivity index (χ4n) is 6.46. The predicted molar refractivity (Wildman–Crippen MR) is 135 cm³/mol. The van der Waals surface area contributed by atoms with Crippen LogP contribution in [0.15, 0.2) is 17.8 Å². The summed E-state index contributed by atoms with van der Waals surface area (Å²) in [4.78, 5) is 14.1. The van der Waals surface area contributed by atoms with E-state index in [1.54, 1.807) is 4.57 Å². The first-order valence-corrected chi connectivity index (χ1v) is 14.3. The SMILES string of the molecule is CC1CC([C@@H](NC(=O)C2CC(Cn3ccsc3=N)CC(c3cn(C)nc3C(F)(F)F)C2)C2CC2)NCC1F. The van der Waals surface area contributed by atoms with Crippen molar-refractivity contribution < 1.29 is 22.4 Å². The van der Waals surface area contributed by atoms with Gasteiger partial charge in [-0.3, -0.25) is 14.9 Å². The van der Waals surface area contributed by atoms with Crippen LogP contribution in [0.5, 0.6) is 0 Å². The number of piperidine rings is 1. The van der Waals surface area contributed by atoms with Gasteiger partial charge in [-0.25, -0.2) is 4.39 Å². The van der Waals surface area contributed by atoms with Crippen LogP contribution in [0.1, 0.15) is 62.6 Å². The van der Waals surface area contributed by atoms with E-state index in [2.05, 4.69) is 15.7 Å². The van der Waals surface area contributed by atoms with Gasteiger partial charge in [-0.1, -0.05) is 6.92 Å². The van der Waals surface area contributed by atoms with Crippen molar-refractivity contribution in [3.63, 3.8) is 0 Å². The van der Waals surface area contributed by atoms with Gasteiger partial charge in [0.15, 0.2) is 10.5 Å². The molecule has 0 radical (unpaired) electrons.